The van der Waals surface area contributed by atoms with E-state index in [-0.39, 0.29) is 31.9 Å². The Balaban J connectivity index is 3.72. The molecule has 0 aliphatic rings. The molecule has 0 aromatic carbocycles. The molecular formula is C10H16F3NO4. The lowest BCUT2D eigenvalue weighted by molar-refractivity contribution is -0.175. The zero-order valence-electron chi connectivity index (χ0n) is 10.2. The van der Waals surface area contributed by atoms with Gasteiger partial charge in [0.1, 0.15) is 6.61 Å². The molecule has 0 radical (unpaired) electrons. The average molecular weight is 271 g/mol. The van der Waals surface area contributed by atoms with Crippen molar-refractivity contribution in [3.05, 3.63) is 0 Å². The summed E-state index contributed by atoms with van der Waals surface area (Å²) in [5.41, 5.74) is 0. The number of esters is 1. The number of carbonyl (C=O) groups is 2. The van der Waals surface area contributed by atoms with Gasteiger partial charge in [0.05, 0.1) is 26.6 Å². The number of halogens is 3. The van der Waals surface area contributed by atoms with E-state index in [9.17, 15) is 22.8 Å². The molecule has 106 valence electrons. The molecule has 0 aromatic heterocycles. The van der Waals surface area contributed by atoms with Gasteiger partial charge in [0.25, 0.3) is 0 Å². The van der Waals surface area contributed by atoms with Crippen molar-refractivity contribution >= 4 is 11.9 Å². The molecule has 0 saturated heterocycles. The topological polar surface area (TPSA) is 55.8 Å². The molecule has 8 heteroatoms. The third-order valence-electron chi connectivity index (χ3n) is 2.03. The van der Waals surface area contributed by atoms with E-state index < -0.39 is 18.8 Å². The summed E-state index contributed by atoms with van der Waals surface area (Å²) in [7, 11) is 2.68. The molecule has 0 N–H and O–H groups in total. The number of nitrogens with zero attached hydrogens (tertiary/aromatic N) is 1. The number of alkyl halides is 3. The van der Waals surface area contributed by atoms with Gasteiger partial charge in [-0.05, 0) is 0 Å². The Morgan fingerprint density at radius 3 is 2.33 bits per heavy atom. The first-order valence-electron chi connectivity index (χ1n) is 5.21. The van der Waals surface area contributed by atoms with Crippen molar-refractivity contribution in [3.63, 3.8) is 0 Å². The molecule has 0 bridgehead atoms. The van der Waals surface area contributed by atoms with Gasteiger partial charge in [-0.3, -0.25) is 9.59 Å². The van der Waals surface area contributed by atoms with Crippen molar-refractivity contribution in [1.29, 1.82) is 0 Å². The minimum absolute atomic E-state index is 0.0438. The highest BCUT2D eigenvalue weighted by molar-refractivity contribution is 5.77. The van der Waals surface area contributed by atoms with Crippen LogP contribution in [0.25, 0.3) is 0 Å². The fourth-order valence-corrected chi connectivity index (χ4v) is 1.02. The summed E-state index contributed by atoms with van der Waals surface area (Å²) in [5, 5.41) is 0. The molecule has 0 rings (SSSR count). The first kappa shape index (κ1) is 16.7. The Kier molecular flexibility index (Phi) is 7.33. The summed E-state index contributed by atoms with van der Waals surface area (Å²) < 4.78 is 43.8. The molecule has 0 heterocycles. The van der Waals surface area contributed by atoms with E-state index in [0.29, 0.717) is 0 Å². The highest BCUT2D eigenvalue weighted by Gasteiger charge is 2.27. The first-order chi connectivity index (χ1) is 8.26. The van der Waals surface area contributed by atoms with Crippen LogP contribution in [0.3, 0.4) is 0 Å². The number of amides is 1. The Hall–Kier alpha value is -1.31. The van der Waals surface area contributed by atoms with Gasteiger partial charge in [0.15, 0.2) is 0 Å². The predicted molar refractivity (Wildman–Crippen MR) is 55.8 cm³/mol. The molecule has 5 nitrogen and oxygen atoms in total. The number of hydrogen-bond donors (Lipinski definition) is 0. The van der Waals surface area contributed by atoms with E-state index in [1.54, 1.807) is 0 Å². The van der Waals surface area contributed by atoms with Crippen LogP contribution < -0.4 is 0 Å². The van der Waals surface area contributed by atoms with Crippen molar-refractivity contribution in [3.8, 4) is 0 Å². The number of rotatable bonds is 7. The van der Waals surface area contributed by atoms with Gasteiger partial charge in [-0.25, -0.2) is 0 Å². The number of ether oxygens (including phenoxy) is 2. The van der Waals surface area contributed by atoms with Gasteiger partial charge < -0.3 is 14.4 Å². The second-order valence-corrected chi connectivity index (χ2v) is 3.56. The third-order valence-corrected chi connectivity index (χ3v) is 2.03. The predicted octanol–water partition coefficient (Wildman–Crippen LogP) is 0.977. The van der Waals surface area contributed by atoms with Crippen molar-refractivity contribution in [2.45, 2.75) is 19.0 Å². The summed E-state index contributed by atoms with van der Waals surface area (Å²) in [6.07, 6.45) is -4.50. The van der Waals surface area contributed by atoms with Gasteiger partial charge >= 0.3 is 12.1 Å². The van der Waals surface area contributed by atoms with Crippen LogP contribution in [0, 0.1) is 0 Å². The Bertz CT molecular complexity index is 281. The molecule has 0 saturated carbocycles. The maximum Gasteiger partial charge on any atom is 0.411 e. The lowest BCUT2D eigenvalue weighted by atomic mass is 10.3. The van der Waals surface area contributed by atoms with Crippen molar-refractivity contribution in [2.75, 3.05) is 33.9 Å². The zero-order valence-corrected chi connectivity index (χ0v) is 10.2. The Labute approximate surface area is 103 Å². The molecule has 0 unspecified atom stereocenters. The first-order valence-corrected chi connectivity index (χ1v) is 5.21. The minimum Gasteiger partial charge on any atom is -0.469 e. The molecular weight excluding hydrogens is 255 g/mol. The highest BCUT2D eigenvalue weighted by atomic mass is 19.4. The van der Waals surface area contributed by atoms with E-state index in [4.69, 9.17) is 0 Å². The second-order valence-electron chi connectivity index (χ2n) is 3.56. The van der Waals surface area contributed by atoms with Gasteiger partial charge in [-0.15, -0.1) is 0 Å². The summed E-state index contributed by atoms with van der Waals surface area (Å²) in [6, 6.07) is 0. The number of carbonyl (C=O) groups excluding carboxylic acids is 2. The zero-order chi connectivity index (χ0) is 14.2. The number of methoxy groups -OCH3 is 1. The maximum atomic E-state index is 11.7. The molecule has 0 fully saturated rings. The molecule has 0 aliphatic carbocycles. The van der Waals surface area contributed by atoms with Gasteiger partial charge in [-0.1, -0.05) is 0 Å². The Morgan fingerprint density at radius 1 is 1.22 bits per heavy atom. The fraction of sp³-hybridized carbons (Fsp3) is 0.800. The van der Waals surface area contributed by atoms with Crippen LogP contribution in [0.2, 0.25) is 0 Å². The van der Waals surface area contributed by atoms with E-state index >= 15 is 0 Å². The van der Waals surface area contributed by atoms with E-state index in [0.717, 1.165) is 0 Å². The molecule has 0 aromatic rings. The van der Waals surface area contributed by atoms with Crippen LogP contribution in [0.4, 0.5) is 13.2 Å². The minimum atomic E-state index is -4.39. The standard InChI is InChI=1S/C10H16F3NO4/c1-14(5-3-9(16)17-2)8(15)4-6-18-7-10(11,12)13/h3-7H2,1-2H3. The van der Waals surface area contributed by atoms with Crippen LogP contribution in [0.1, 0.15) is 12.8 Å². The summed E-state index contributed by atoms with van der Waals surface area (Å²) in [4.78, 5) is 23.4. The lowest BCUT2D eigenvalue weighted by Gasteiger charge is -2.16. The van der Waals surface area contributed by atoms with Crippen LogP contribution in [0.5, 0.6) is 0 Å². The summed E-state index contributed by atoms with van der Waals surface area (Å²) in [6.45, 7) is -1.52. The van der Waals surface area contributed by atoms with E-state index in [2.05, 4.69) is 9.47 Å². The summed E-state index contributed by atoms with van der Waals surface area (Å²) in [5.74, 6) is -0.843. The fourth-order valence-electron chi connectivity index (χ4n) is 1.02. The molecule has 0 atom stereocenters. The molecule has 1 amide bonds. The average Bonchev–Trinajstić information content (AvgIpc) is 2.29. The van der Waals surface area contributed by atoms with Crippen LogP contribution in [0.15, 0.2) is 0 Å². The summed E-state index contributed by atoms with van der Waals surface area (Å²) >= 11 is 0. The van der Waals surface area contributed by atoms with Crippen LogP contribution >= 0.6 is 0 Å². The SMILES string of the molecule is COC(=O)CCN(C)C(=O)CCOCC(F)(F)F. The monoisotopic (exact) mass is 271 g/mol. The van der Waals surface area contributed by atoms with Gasteiger partial charge in [0, 0.05) is 13.6 Å². The highest BCUT2D eigenvalue weighted by Crippen LogP contribution is 2.14. The molecule has 0 aliphatic heterocycles. The third kappa shape index (κ3) is 8.80. The van der Waals surface area contributed by atoms with E-state index in [1.807, 2.05) is 0 Å². The second kappa shape index (κ2) is 7.91. The molecule has 0 spiro atoms. The van der Waals surface area contributed by atoms with Gasteiger partial charge in [-0.2, -0.15) is 13.2 Å². The van der Waals surface area contributed by atoms with Crippen LogP contribution in [-0.4, -0.2) is 56.9 Å². The van der Waals surface area contributed by atoms with Crippen molar-refractivity contribution in [1.82, 2.24) is 4.90 Å². The largest absolute Gasteiger partial charge is 0.469 e. The lowest BCUT2D eigenvalue weighted by Crippen LogP contribution is -2.30. The Morgan fingerprint density at radius 2 is 1.83 bits per heavy atom. The van der Waals surface area contributed by atoms with Crippen molar-refractivity contribution in [2.24, 2.45) is 0 Å². The quantitative estimate of drug-likeness (QED) is 0.511. The maximum absolute atomic E-state index is 11.7. The smallest absolute Gasteiger partial charge is 0.411 e. The van der Waals surface area contributed by atoms with Crippen molar-refractivity contribution < 1.29 is 32.2 Å². The van der Waals surface area contributed by atoms with E-state index in [1.165, 1.54) is 19.1 Å². The van der Waals surface area contributed by atoms with Gasteiger partial charge in [0.2, 0.25) is 5.91 Å². The molecule has 18 heavy (non-hydrogen) atoms. The van der Waals surface area contributed by atoms with Crippen LogP contribution in [-0.2, 0) is 19.1 Å². The normalized spacial score (nSPS) is 11.2. The number of hydrogen-bond acceptors (Lipinski definition) is 4.